The normalized spacial score (nSPS) is 10.6. The van der Waals surface area contributed by atoms with Gasteiger partial charge in [0.1, 0.15) is 5.65 Å². The zero-order valence-corrected chi connectivity index (χ0v) is 9.23. The number of pyridine rings is 2. The lowest BCUT2D eigenvalue weighted by Crippen LogP contribution is -2.15. The largest absolute Gasteiger partial charge is 0.332 e. The fourth-order valence-electron chi connectivity index (χ4n) is 1.71. The van der Waals surface area contributed by atoms with E-state index in [2.05, 4.69) is 4.98 Å². The van der Waals surface area contributed by atoms with Crippen molar-refractivity contribution < 1.29 is 4.79 Å². The molecule has 0 saturated heterocycles. The van der Waals surface area contributed by atoms with Gasteiger partial charge in [-0.3, -0.25) is 9.59 Å². The highest BCUT2D eigenvalue weighted by atomic mass is 16.1. The van der Waals surface area contributed by atoms with Crippen molar-refractivity contribution in [3.63, 3.8) is 0 Å². The first-order valence-corrected chi connectivity index (χ1v) is 5.13. The summed E-state index contributed by atoms with van der Waals surface area (Å²) in [5.74, 6) is 0. The van der Waals surface area contributed by atoms with Crippen LogP contribution in [0.4, 0.5) is 0 Å². The second kappa shape index (κ2) is 3.89. The molecule has 0 aromatic carbocycles. The monoisotopic (exact) mass is 216 g/mol. The Labute approximate surface area is 92.5 Å². The van der Waals surface area contributed by atoms with E-state index in [-0.39, 0.29) is 11.0 Å². The zero-order chi connectivity index (χ0) is 11.7. The molecular formula is C12H12N2O2. The number of carbonyl (C=O) groups excluding carboxylic acids is 1. The van der Waals surface area contributed by atoms with Gasteiger partial charge >= 0.3 is 0 Å². The van der Waals surface area contributed by atoms with Gasteiger partial charge in [-0.2, -0.15) is 0 Å². The smallest absolute Gasteiger partial charge is 0.201 e. The Balaban J connectivity index is 2.96. The molecule has 4 heteroatoms. The Morgan fingerprint density at radius 3 is 2.81 bits per heavy atom. The Bertz CT molecular complexity index is 614. The van der Waals surface area contributed by atoms with Crippen LogP contribution in [0.25, 0.3) is 11.0 Å². The summed E-state index contributed by atoms with van der Waals surface area (Å²) >= 11 is 0. The Morgan fingerprint density at radius 2 is 2.19 bits per heavy atom. The number of aldehydes is 1. The molecular weight excluding hydrogens is 204 g/mol. The molecule has 2 heterocycles. The van der Waals surface area contributed by atoms with Crippen LogP contribution in [-0.4, -0.2) is 15.8 Å². The molecule has 4 nitrogen and oxygen atoms in total. The molecule has 82 valence electrons. The van der Waals surface area contributed by atoms with Crippen LogP contribution < -0.4 is 5.43 Å². The molecule has 0 bridgehead atoms. The van der Waals surface area contributed by atoms with Crippen molar-refractivity contribution >= 4 is 17.3 Å². The summed E-state index contributed by atoms with van der Waals surface area (Å²) in [5.41, 5.74) is 1.42. The lowest BCUT2D eigenvalue weighted by Gasteiger charge is -2.08. The van der Waals surface area contributed by atoms with Gasteiger partial charge < -0.3 is 4.57 Å². The SMILES string of the molecule is CCn1cc(C=O)c(=O)c2ccc(C)nc21. The molecule has 0 spiro atoms. The van der Waals surface area contributed by atoms with Crippen LogP contribution in [0.2, 0.25) is 0 Å². The van der Waals surface area contributed by atoms with Crippen LogP contribution >= 0.6 is 0 Å². The van der Waals surface area contributed by atoms with E-state index in [0.717, 1.165) is 5.69 Å². The molecule has 2 rings (SSSR count). The number of aromatic nitrogens is 2. The third-order valence-corrected chi connectivity index (χ3v) is 2.56. The summed E-state index contributed by atoms with van der Waals surface area (Å²) in [6.07, 6.45) is 2.15. The molecule has 2 aromatic heterocycles. The quantitative estimate of drug-likeness (QED) is 0.715. The van der Waals surface area contributed by atoms with Crippen LogP contribution in [0, 0.1) is 6.92 Å². The van der Waals surface area contributed by atoms with Gasteiger partial charge in [0.25, 0.3) is 0 Å². The van der Waals surface area contributed by atoms with Crippen molar-refractivity contribution in [1.29, 1.82) is 0 Å². The minimum absolute atomic E-state index is 0.181. The summed E-state index contributed by atoms with van der Waals surface area (Å²) in [4.78, 5) is 27.0. The van der Waals surface area contributed by atoms with Crippen molar-refractivity contribution in [2.24, 2.45) is 0 Å². The van der Waals surface area contributed by atoms with Crippen LogP contribution in [0.3, 0.4) is 0 Å². The Kier molecular flexibility index (Phi) is 2.56. The van der Waals surface area contributed by atoms with Crippen molar-refractivity contribution in [2.45, 2.75) is 20.4 Å². The fraction of sp³-hybridized carbons (Fsp3) is 0.250. The molecule has 0 aliphatic heterocycles. The third-order valence-electron chi connectivity index (χ3n) is 2.56. The second-order valence-corrected chi connectivity index (χ2v) is 3.64. The maximum atomic E-state index is 11.9. The number of carbonyl (C=O) groups is 1. The molecule has 0 radical (unpaired) electrons. The Hall–Kier alpha value is -1.97. The molecule has 0 amide bonds. The van der Waals surface area contributed by atoms with E-state index < -0.39 is 0 Å². The van der Waals surface area contributed by atoms with Crippen LogP contribution in [0.15, 0.2) is 23.1 Å². The lowest BCUT2D eigenvalue weighted by atomic mass is 10.2. The molecule has 0 aliphatic carbocycles. The molecule has 2 aromatic rings. The first kappa shape index (κ1) is 10.5. The van der Waals surface area contributed by atoms with Gasteiger partial charge in [-0.25, -0.2) is 4.98 Å². The van der Waals surface area contributed by atoms with E-state index in [1.807, 2.05) is 18.4 Å². The molecule has 0 fully saturated rings. The van der Waals surface area contributed by atoms with Gasteiger partial charge in [-0.15, -0.1) is 0 Å². The summed E-state index contributed by atoms with van der Waals surface area (Å²) in [6, 6.07) is 3.50. The maximum absolute atomic E-state index is 11.9. The number of nitrogens with zero attached hydrogens (tertiary/aromatic N) is 2. The molecule has 0 unspecified atom stereocenters. The second-order valence-electron chi connectivity index (χ2n) is 3.64. The van der Waals surface area contributed by atoms with E-state index in [9.17, 15) is 9.59 Å². The van der Waals surface area contributed by atoms with Crippen molar-refractivity contribution in [3.05, 3.63) is 39.8 Å². The molecule has 0 N–H and O–H groups in total. The van der Waals surface area contributed by atoms with Crippen molar-refractivity contribution in [1.82, 2.24) is 9.55 Å². The van der Waals surface area contributed by atoms with Gasteiger partial charge in [0, 0.05) is 18.4 Å². The highest BCUT2D eigenvalue weighted by Crippen LogP contribution is 2.09. The number of aryl methyl sites for hydroxylation is 2. The zero-order valence-electron chi connectivity index (χ0n) is 9.23. The summed E-state index contributed by atoms with van der Waals surface area (Å²) in [6.45, 7) is 4.49. The summed E-state index contributed by atoms with van der Waals surface area (Å²) < 4.78 is 1.81. The first-order valence-electron chi connectivity index (χ1n) is 5.13. The lowest BCUT2D eigenvalue weighted by molar-refractivity contribution is 0.112. The predicted molar refractivity (Wildman–Crippen MR) is 61.8 cm³/mol. The fourth-order valence-corrected chi connectivity index (χ4v) is 1.71. The first-order chi connectivity index (χ1) is 7.67. The van der Waals surface area contributed by atoms with E-state index in [0.29, 0.717) is 23.9 Å². The molecule has 16 heavy (non-hydrogen) atoms. The van der Waals surface area contributed by atoms with Gasteiger partial charge in [0.2, 0.25) is 5.43 Å². The maximum Gasteiger partial charge on any atom is 0.201 e. The van der Waals surface area contributed by atoms with Crippen LogP contribution in [0.1, 0.15) is 23.0 Å². The summed E-state index contributed by atoms with van der Waals surface area (Å²) in [5, 5.41) is 0.497. The topological polar surface area (TPSA) is 52.0 Å². The van der Waals surface area contributed by atoms with Gasteiger partial charge in [0.05, 0.1) is 10.9 Å². The minimum atomic E-state index is -0.248. The molecule has 0 atom stereocenters. The van der Waals surface area contributed by atoms with E-state index in [4.69, 9.17) is 0 Å². The Morgan fingerprint density at radius 1 is 1.44 bits per heavy atom. The van der Waals surface area contributed by atoms with E-state index in [1.54, 1.807) is 18.3 Å². The van der Waals surface area contributed by atoms with Gasteiger partial charge in [0.15, 0.2) is 6.29 Å². The number of hydrogen-bond acceptors (Lipinski definition) is 3. The highest BCUT2D eigenvalue weighted by Gasteiger charge is 2.08. The number of hydrogen-bond donors (Lipinski definition) is 0. The van der Waals surface area contributed by atoms with E-state index >= 15 is 0 Å². The van der Waals surface area contributed by atoms with Crippen molar-refractivity contribution in [3.8, 4) is 0 Å². The van der Waals surface area contributed by atoms with Crippen LogP contribution in [-0.2, 0) is 6.54 Å². The number of fused-ring (bicyclic) bond motifs is 1. The summed E-state index contributed by atoms with van der Waals surface area (Å²) in [7, 11) is 0. The number of rotatable bonds is 2. The highest BCUT2D eigenvalue weighted by molar-refractivity contribution is 5.84. The average molecular weight is 216 g/mol. The average Bonchev–Trinajstić information content (AvgIpc) is 2.29. The van der Waals surface area contributed by atoms with Crippen LogP contribution in [0.5, 0.6) is 0 Å². The predicted octanol–water partition coefficient (Wildman–Crippen LogP) is 1.54. The molecule has 0 saturated carbocycles. The third kappa shape index (κ3) is 1.52. The van der Waals surface area contributed by atoms with Gasteiger partial charge in [-0.1, -0.05) is 0 Å². The minimum Gasteiger partial charge on any atom is -0.332 e. The molecule has 0 aliphatic rings. The van der Waals surface area contributed by atoms with Gasteiger partial charge in [-0.05, 0) is 26.0 Å². The van der Waals surface area contributed by atoms with E-state index in [1.165, 1.54) is 0 Å². The van der Waals surface area contributed by atoms with Crippen molar-refractivity contribution in [2.75, 3.05) is 0 Å². The standard InChI is InChI=1S/C12H12N2O2/c1-3-14-6-9(7-15)11(16)10-5-4-8(2)13-12(10)14/h4-7H,3H2,1-2H3.